The molecule has 1 fully saturated rings. The van der Waals surface area contributed by atoms with Crippen molar-refractivity contribution < 1.29 is 9.53 Å². The molecule has 0 radical (unpaired) electrons. The van der Waals surface area contributed by atoms with E-state index in [0.717, 1.165) is 32.8 Å². The number of hydrogen-bond donors (Lipinski definition) is 2. The van der Waals surface area contributed by atoms with Gasteiger partial charge in [-0.3, -0.25) is 19.5 Å². The fourth-order valence-corrected chi connectivity index (χ4v) is 3.12. The first-order valence-electron chi connectivity index (χ1n) is 9.10. The number of nitrogens with zero attached hydrogens (tertiary/aromatic N) is 2. The SMILES string of the molecule is CCN(CCN1CCOCC1)C(=O)c1cccc(-c2c[nH]c(=O)[nH]c2=O)c1. The van der Waals surface area contributed by atoms with Gasteiger partial charge in [-0.15, -0.1) is 0 Å². The number of amides is 1. The van der Waals surface area contributed by atoms with Gasteiger partial charge in [-0.2, -0.15) is 0 Å². The number of likely N-dealkylation sites (N-methyl/N-ethyl adjacent to an activating group) is 1. The zero-order valence-electron chi connectivity index (χ0n) is 15.4. The smallest absolute Gasteiger partial charge is 0.325 e. The molecule has 3 rings (SSSR count). The molecule has 27 heavy (non-hydrogen) atoms. The second kappa shape index (κ2) is 8.79. The van der Waals surface area contributed by atoms with E-state index in [-0.39, 0.29) is 5.91 Å². The first-order valence-corrected chi connectivity index (χ1v) is 9.10. The van der Waals surface area contributed by atoms with Gasteiger partial charge in [0.25, 0.3) is 11.5 Å². The minimum absolute atomic E-state index is 0.0755. The number of H-pyrrole nitrogens is 2. The summed E-state index contributed by atoms with van der Waals surface area (Å²) in [6.07, 6.45) is 1.36. The van der Waals surface area contributed by atoms with Crippen molar-refractivity contribution in [2.75, 3.05) is 45.9 Å². The molecule has 2 heterocycles. The Bertz CT molecular complexity index is 899. The molecule has 0 unspecified atom stereocenters. The van der Waals surface area contributed by atoms with Crippen molar-refractivity contribution >= 4 is 5.91 Å². The summed E-state index contributed by atoms with van der Waals surface area (Å²) < 4.78 is 5.35. The van der Waals surface area contributed by atoms with Crippen molar-refractivity contribution in [3.63, 3.8) is 0 Å². The molecule has 0 bridgehead atoms. The molecule has 8 heteroatoms. The lowest BCUT2D eigenvalue weighted by Gasteiger charge is -2.29. The Hall–Kier alpha value is -2.71. The molecule has 8 nitrogen and oxygen atoms in total. The summed E-state index contributed by atoms with van der Waals surface area (Å²) in [7, 11) is 0. The molecule has 1 aromatic carbocycles. The maximum absolute atomic E-state index is 12.9. The first-order chi connectivity index (χ1) is 13.1. The molecule has 1 saturated heterocycles. The van der Waals surface area contributed by atoms with E-state index in [1.165, 1.54) is 6.20 Å². The number of ether oxygens (including phenoxy) is 1. The summed E-state index contributed by atoms with van der Waals surface area (Å²) in [5, 5.41) is 0. The third-order valence-electron chi connectivity index (χ3n) is 4.70. The predicted molar refractivity (Wildman–Crippen MR) is 102 cm³/mol. The van der Waals surface area contributed by atoms with Crippen LogP contribution in [0.4, 0.5) is 0 Å². The Morgan fingerprint density at radius 2 is 2.04 bits per heavy atom. The van der Waals surface area contributed by atoms with Crippen LogP contribution in [0.2, 0.25) is 0 Å². The van der Waals surface area contributed by atoms with Gasteiger partial charge in [0.1, 0.15) is 0 Å². The highest BCUT2D eigenvalue weighted by Gasteiger charge is 2.17. The highest BCUT2D eigenvalue weighted by Crippen LogP contribution is 2.17. The third-order valence-corrected chi connectivity index (χ3v) is 4.70. The largest absolute Gasteiger partial charge is 0.379 e. The fraction of sp³-hybridized carbons (Fsp3) is 0.421. The van der Waals surface area contributed by atoms with Gasteiger partial charge in [-0.1, -0.05) is 12.1 Å². The minimum atomic E-state index is -0.559. The normalized spacial score (nSPS) is 14.9. The fourth-order valence-electron chi connectivity index (χ4n) is 3.12. The quantitative estimate of drug-likeness (QED) is 0.771. The van der Waals surface area contributed by atoms with Crippen molar-refractivity contribution in [1.82, 2.24) is 19.8 Å². The molecule has 2 N–H and O–H groups in total. The molecule has 0 spiro atoms. The van der Waals surface area contributed by atoms with Crippen molar-refractivity contribution in [2.45, 2.75) is 6.92 Å². The standard InChI is InChI=1S/C19H24N4O4/c1-2-23(7-6-22-8-10-27-11-9-22)18(25)15-5-3-4-14(12-15)16-13-20-19(26)21-17(16)24/h3-5,12-13H,2,6-11H2,1H3,(H2,20,21,24,26). The summed E-state index contributed by atoms with van der Waals surface area (Å²) in [4.78, 5) is 44.8. The second-order valence-corrected chi connectivity index (χ2v) is 6.41. The average molecular weight is 372 g/mol. The molecule has 1 aromatic heterocycles. The summed E-state index contributed by atoms with van der Waals surface area (Å²) >= 11 is 0. The van der Waals surface area contributed by atoms with E-state index < -0.39 is 11.2 Å². The number of aromatic nitrogens is 2. The molecular weight excluding hydrogens is 348 g/mol. The molecule has 1 aliphatic rings. The van der Waals surface area contributed by atoms with Crippen molar-refractivity contribution in [2.24, 2.45) is 0 Å². The second-order valence-electron chi connectivity index (χ2n) is 6.41. The highest BCUT2D eigenvalue weighted by atomic mass is 16.5. The number of morpholine rings is 1. The number of aromatic amines is 2. The van der Waals surface area contributed by atoms with Crippen LogP contribution >= 0.6 is 0 Å². The Morgan fingerprint density at radius 3 is 2.74 bits per heavy atom. The van der Waals surface area contributed by atoms with E-state index in [9.17, 15) is 14.4 Å². The Balaban J connectivity index is 1.75. The van der Waals surface area contributed by atoms with Gasteiger partial charge in [-0.05, 0) is 24.6 Å². The van der Waals surface area contributed by atoms with Crippen LogP contribution in [0.5, 0.6) is 0 Å². The zero-order chi connectivity index (χ0) is 19.2. The number of carbonyl (C=O) groups excluding carboxylic acids is 1. The lowest BCUT2D eigenvalue weighted by molar-refractivity contribution is 0.0328. The number of rotatable bonds is 6. The Morgan fingerprint density at radius 1 is 1.26 bits per heavy atom. The van der Waals surface area contributed by atoms with Crippen LogP contribution in [0.3, 0.4) is 0 Å². The molecule has 0 atom stereocenters. The van der Waals surface area contributed by atoms with Gasteiger partial charge in [0, 0.05) is 44.5 Å². The van der Waals surface area contributed by atoms with Gasteiger partial charge in [0.15, 0.2) is 0 Å². The highest BCUT2D eigenvalue weighted by molar-refractivity contribution is 5.95. The molecule has 144 valence electrons. The molecule has 0 aliphatic carbocycles. The molecule has 0 saturated carbocycles. The van der Waals surface area contributed by atoms with E-state index in [1.54, 1.807) is 29.2 Å². The maximum atomic E-state index is 12.9. The van der Waals surface area contributed by atoms with Crippen LogP contribution in [-0.2, 0) is 4.74 Å². The molecule has 1 aliphatic heterocycles. The van der Waals surface area contributed by atoms with Crippen LogP contribution in [-0.4, -0.2) is 71.6 Å². The van der Waals surface area contributed by atoms with Gasteiger partial charge in [-0.25, -0.2) is 4.79 Å². The van der Waals surface area contributed by atoms with E-state index in [0.29, 0.717) is 29.8 Å². The Labute approximate surface area is 156 Å². The van der Waals surface area contributed by atoms with Crippen molar-refractivity contribution in [3.05, 3.63) is 56.9 Å². The number of hydrogen-bond acceptors (Lipinski definition) is 5. The van der Waals surface area contributed by atoms with Crippen LogP contribution in [0.25, 0.3) is 11.1 Å². The number of benzene rings is 1. The van der Waals surface area contributed by atoms with E-state index >= 15 is 0 Å². The van der Waals surface area contributed by atoms with E-state index in [1.807, 2.05) is 6.92 Å². The summed E-state index contributed by atoms with van der Waals surface area (Å²) in [5.74, 6) is -0.0755. The summed E-state index contributed by atoms with van der Waals surface area (Å²) in [6, 6.07) is 6.90. The van der Waals surface area contributed by atoms with Gasteiger partial charge >= 0.3 is 5.69 Å². The topological polar surface area (TPSA) is 98.5 Å². The van der Waals surface area contributed by atoms with Gasteiger partial charge in [0.05, 0.1) is 18.8 Å². The number of carbonyl (C=O) groups is 1. The predicted octanol–water partition coefficient (Wildman–Crippen LogP) is 0.525. The van der Waals surface area contributed by atoms with Crippen molar-refractivity contribution in [3.8, 4) is 11.1 Å². The number of nitrogens with one attached hydrogen (secondary N) is 2. The minimum Gasteiger partial charge on any atom is -0.379 e. The van der Waals surface area contributed by atoms with E-state index in [2.05, 4.69) is 14.9 Å². The van der Waals surface area contributed by atoms with Gasteiger partial charge < -0.3 is 14.6 Å². The van der Waals surface area contributed by atoms with Gasteiger partial charge in [0.2, 0.25) is 0 Å². The lowest BCUT2D eigenvalue weighted by atomic mass is 10.0. The first kappa shape index (κ1) is 19.1. The monoisotopic (exact) mass is 372 g/mol. The third kappa shape index (κ3) is 4.72. The Kier molecular flexibility index (Phi) is 6.20. The van der Waals surface area contributed by atoms with Crippen LogP contribution in [0, 0.1) is 0 Å². The van der Waals surface area contributed by atoms with E-state index in [4.69, 9.17) is 4.74 Å². The average Bonchev–Trinajstić information content (AvgIpc) is 2.69. The maximum Gasteiger partial charge on any atom is 0.325 e. The van der Waals surface area contributed by atoms with Crippen molar-refractivity contribution in [1.29, 1.82) is 0 Å². The van der Waals surface area contributed by atoms with Crippen LogP contribution < -0.4 is 11.2 Å². The summed E-state index contributed by atoms with van der Waals surface area (Å²) in [6.45, 7) is 7.24. The lowest BCUT2D eigenvalue weighted by Crippen LogP contribution is -2.43. The molecule has 2 aromatic rings. The zero-order valence-corrected chi connectivity index (χ0v) is 15.4. The molecule has 1 amide bonds. The summed E-state index contributed by atoms with van der Waals surface area (Å²) in [5.41, 5.74) is 0.379. The van der Waals surface area contributed by atoms with Crippen LogP contribution in [0.15, 0.2) is 40.1 Å². The molecular formula is C19H24N4O4. The van der Waals surface area contributed by atoms with Crippen LogP contribution in [0.1, 0.15) is 17.3 Å².